The van der Waals surface area contributed by atoms with E-state index in [1.54, 1.807) is 18.9 Å². The molecule has 0 spiro atoms. The van der Waals surface area contributed by atoms with E-state index in [4.69, 9.17) is 9.47 Å². The smallest absolute Gasteiger partial charge is 0.315 e. The maximum atomic E-state index is 11.1. The summed E-state index contributed by atoms with van der Waals surface area (Å²) in [4.78, 5) is 11.1. The van der Waals surface area contributed by atoms with Crippen molar-refractivity contribution in [1.29, 1.82) is 0 Å². The van der Waals surface area contributed by atoms with Crippen molar-refractivity contribution in [3.8, 4) is 5.75 Å². The molecule has 0 N–H and O–H groups in total. The molecule has 0 fully saturated rings. The summed E-state index contributed by atoms with van der Waals surface area (Å²) in [6.45, 7) is 2.28. The molecule has 0 saturated heterocycles. The fourth-order valence-corrected chi connectivity index (χ4v) is 2.11. The van der Waals surface area contributed by atoms with Crippen LogP contribution in [-0.4, -0.2) is 31.2 Å². The Morgan fingerprint density at radius 1 is 1.29 bits per heavy atom. The van der Waals surface area contributed by atoms with E-state index >= 15 is 0 Å². The normalized spacial score (nSPS) is 10.0. The van der Waals surface area contributed by atoms with Gasteiger partial charge in [-0.05, 0) is 36.8 Å². The van der Waals surface area contributed by atoms with E-state index in [1.165, 1.54) is 5.56 Å². The molecule has 0 heterocycles. The molecule has 1 rings (SSSR count). The minimum absolute atomic E-state index is 0.132. The van der Waals surface area contributed by atoms with Crippen LogP contribution in [0.2, 0.25) is 0 Å². The molecule has 0 aliphatic heterocycles. The predicted octanol–water partition coefficient (Wildman–Crippen LogP) is 2.53. The molecule has 4 heteroatoms. The molecule has 0 aliphatic rings. The topological polar surface area (TPSA) is 35.5 Å². The molecular formula is C13H18O3S. The van der Waals surface area contributed by atoms with Gasteiger partial charge in [0.2, 0.25) is 0 Å². The summed E-state index contributed by atoms with van der Waals surface area (Å²) in [5, 5.41) is 0. The zero-order valence-electron chi connectivity index (χ0n) is 10.3. The zero-order valence-corrected chi connectivity index (χ0v) is 11.1. The van der Waals surface area contributed by atoms with E-state index in [-0.39, 0.29) is 5.97 Å². The number of carbonyl (C=O) groups excluding carboxylic acids is 1. The number of hydrogen-bond acceptors (Lipinski definition) is 4. The van der Waals surface area contributed by atoms with E-state index in [1.807, 2.05) is 31.2 Å². The van der Waals surface area contributed by atoms with Crippen LogP contribution in [-0.2, 0) is 16.0 Å². The lowest BCUT2D eigenvalue weighted by Crippen LogP contribution is -2.07. The van der Waals surface area contributed by atoms with Crippen molar-refractivity contribution in [2.75, 3.05) is 25.2 Å². The van der Waals surface area contributed by atoms with Crippen LogP contribution in [0, 0.1) is 0 Å². The van der Waals surface area contributed by atoms with Crippen LogP contribution in [0.15, 0.2) is 24.3 Å². The number of carbonyl (C=O) groups is 1. The molecule has 0 amide bonds. The Morgan fingerprint density at radius 2 is 2.00 bits per heavy atom. The molecule has 0 bridgehead atoms. The Hall–Kier alpha value is -1.16. The fourth-order valence-electron chi connectivity index (χ4n) is 1.34. The van der Waals surface area contributed by atoms with Gasteiger partial charge in [-0.2, -0.15) is 0 Å². The van der Waals surface area contributed by atoms with Crippen LogP contribution in [0.25, 0.3) is 0 Å². The van der Waals surface area contributed by atoms with Crippen LogP contribution in [0.5, 0.6) is 5.75 Å². The second-order valence-corrected chi connectivity index (χ2v) is 4.56. The van der Waals surface area contributed by atoms with Crippen molar-refractivity contribution >= 4 is 17.7 Å². The maximum absolute atomic E-state index is 11.1. The van der Waals surface area contributed by atoms with Gasteiger partial charge < -0.3 is 9.47 Å². The lowest BCUT2D eigenvalue weighted by Gasteiger charge is -2.04. The van der Waals surface area contributed by atoms with E-state index in [0.29, 0.717) is 12.4 Å². The molecule has 0 unspecified atom stereocenters. The van der Waals surface area contributed by atoms with Gasteiger partial charge in [-0.25, -0.2) is 0 Å². The third-order valence-electron chi connectivity index (χ3n) is 2.22. The van der Waals surface area contributed by atoms with Crippen LogP contribution in [0.1, 0.15) is 12.5 Å². The Bertz CT molecular complexity index is 335. The molecule has 3 nitrogen and oxygen atoms in total. The van der Waals surface area contributed by atoms with Gasteiger partial charge in [0, 0.05) is 0 Å². The summed E-state index contributed by atoms with van der Waals surface area (Å²) < 4.78 is 9.93. The molecule has 0 saturated carbocycles. The highest BCUT2D eigenvalue weighted by Crippen LogP contribution is 2.13. The highest BCUT2D eigenvalue weighted by atomic mass is 32.2. The van der Waals surface area contributed by atoms with Gasteiger partial charge >= 0.3 is 5.97 Å². The van der Waals surface area contributed by atoms with Crippen LogP contribution < -0.4 is 4.74 Å². The number of ether oxygens (including phenoxy) is 2. The quantitative estimate of drug-likeness (QED) is 0.553. The molecule has 0 aromatic heterocycles. The van der Waals surface area contributed by atoms with E-state index in [0.717, 1.165) is 17.9 Å². The zero-order chi connectivity index (χ0) is 12.5. The summed E-state index contributed by atoms with van der Waals surface area (Å²) in [6, 6.07) is 7.99. The fraction of sp³-hybridized carbons (Fsp3) is 0.462. The maximum Gasteiger partial charge on any atom is 0.315 e. The molecule has 1 aromatic carbocycles. The lowest BCUT2D eigenvalue weighted by molar-refractivity contribution is -0.139. The van der Waals surface area contributed by atoms with Crippen LogP contribution >= 0.6 is 11.8 Å². The van der Waals surface area contributed by atoms with E-state index in [9.17, 15) is 4.79 Å². The summed E-state index contributed by atoms with van der Waals surface area (Å²) in [5.74, 6) is 2.09. The molecular weight excluding hydrogens is 236 g/mol. The highest BCUT2D eigenvalue weighted by Gasteiger charge is 2.01. The van der Waals surface area contributed by atoms with Crippen molar-refractivity contribution in [1.82, 2.24) is 0 Å². The molecule has 0 aliphatic carbocycles. The van der Waals surface area contributed by atoms with Gasteiger partial charge in [0.15, 0.2) is 0 Å². The third-order valence-corrected chi connectivity index (χ3v) is 3.15. The van der Waals surface area contributed by atoms with Gasteiger partial charge in [-0.3, -0.25) is 4.79 Å². The molecule has 17 heavy (non-hydrogen) atoms. The van der Waals surface area contributed by atoms with Gasteiger partial charge in [-0.15, -0.1) is 11.8 Å². The van der Waals surface area contributed by atoms with Crippen molar-refractivity contribution in [3.05, 3.63) is 29.8 Å². The van der Waals surface area contributed by atoms with Gasteiger partial charge in [0.25, 0.3) is 0 Å². The predicted molar refractivity (Wildman–Crippen MR) is 70.7 cm³/mol. The number of hydrogen-bond donors (Lipinski definition) is 0. The highest BCUT2D eigenvalue weighted by molar-refractivity contribution is 7.99. The second-order valence-electron chi connectivity index (χ2n) is 3.46. The minimum atomic E-state index is -0.132. The standard InChI is InChI=1S/C13H18O3S/c1-3-16-13(14)10-17-9-8-11-4-6-12(15-2)7-5-11/h4-7H,3,8-10H2,1-2H3. The molecule has 1 aromatic rings. The van der Waals surface area contributed by atoms with Crippen molar-refractivity contribution < 1.29 is 14.3 Å². The van der Waals surface area contributed by atoms with Crippen molar-refractivity contribution in [3.63, 3.8) is 0 Å². The average Bonchev–Trinajstić information content (AvgIpc) is 2.36. The molecule has 0 radical (unpaired) electrons. The van der Waals surface area contributed by atoms with Crippen LogP contribution in [0.4, 0.5) is 0 Å². The number of methoxy groups -OCH3 is 1. The van der Waals surface area contributed by atoms with Gasteiger partial charge in [-0.1, -0.05) is 12.1 Å². The third kappa shape index (κ3) is 5.63. The minimum Gasteiger partial charge on any atom is -0.497 e. The lowest BCUT2D eigenvalue weighted by atomic mass is 10.2. The Balaban J connectivity index is 2.19. The Kier molecular flexibility index (Phi) is 6.55. The first-order chi connectivity index (χ1) is 8.26. The Labute approximate surface area is 106 Å². The SMILES string of the molecule is CCOC(=O)CSCCc1ccc(OC)cc1. The van der Waals surface area contributed by atoms with Gasteiger partial charge in [0.1, 0.15) is 5.75 Å². The monoisotopic (exact) mass is 254 g/mol. The van der Waals surface area contributed by atoms with Crippen LogP contribution in [0.3, 0.4) is 0 Å². The summed E-state index contributed by atoms with van der Waals surface area (Å²) >= 11 is 1.60. The first kappa shape index (κ1) is 13.9. The van der Waals surface area contributed by atoms with Crippen molar-refractivity contribution in [2.45, 2.75) is 13.3 Å². The summed E-state index contributed by atoms with van der Waals surface area (Å²) in [5.41, 5.74) is 1.25. The second kappa shape index (κ2) is 8.01. The average molecular weight is 254 g/mol. The number of thioether (sulfide) groups is 1. The Morgan fingerprint density at radius 3 is 2.59 bits per heavy atom. The van der Waals surface area contributed by atoms with Gasteiger partial charge in [0.05, 0.1) is 19.5 Å². The molecule has 0 atom stereocenters. The molecule has 94 valence electrons. The number of esters is 1. The first-order valence-electron chi connectivity index (χ1n) is 5.62. The number of rotatable bonds is 7. The summed E-state index contributed by atoms with van der Waals surface area (Å²) in [7, 11) is 1.66. The number of benzene rings is 1. The number of aryl methyl sites for hydroxylation is 1. The van der Waals surface area contributed by atoms with E-state index < -0.39 is 0 Å². The van der Waals surface area contributed by atoms with E-state index in [2.05, 4.69) is 0 Å². The van der Waals surface area contributed by atoms with Crippen molar-refractivity contribution in [2.24, 2.45) is 0 Å². The summed E-state index contributed by atoms with van der Waals surface area (Å²) in [6.07, 6.45) is 0.952. The first-order valence-corrected chi connectivity index (χ1v) is 6.78. The largest absolute Gasteiger partial charge is 0.497 e.